The number of rotatable bonds is 52. The molecule has 1 aliphatic rings. The van der Waals surface area contributed by atoms with E-state index in [1.165, 1.54) is 327 Å². The van der Waals surface area contributed by atoms with Gasteiger partial charge in [-0.1, -0.05) is 342 Å². The summed E-state index contributed by atoms with van der Waals surface area (Å²) in [5.41, 5.74) is 0. The third-order valence-electron chi connectivity index (χ3n) is 16.2. The maximum absolute atomic E-state index is 13.1. The van der Waals surface area contributed by atoms with E-state index in [1.807, 2.05) is 0 Å². The molecule has 2 nitrogen and oxygen atoms in total. The monoisotopic (exact) mass is 899 g/mol. The molecule has 1 fully saturated rings. The van der Waals surface area contributed by atoms with Gasteiger partial charge in [-0.25, -0.2) is 0 Å². The second-order valence-corrected chi connectivity index (χ2v) is 22.2. The lowest BCUT2D eigenvalue weighted by Crippen LogP contribution is -2.36. The molecule has 0 heterocycles. The van der Waals surface area contributed by atoms with Gasteiger partial charge in [0, 0.05) is 0 Å². The molecule has 0 aliphatic heterocycles. The summed E-state index contributed by atoms with van der Waals surface area (Å²) in [6.07, 6.45) is 75.3. The van der Waals surface area contributed by atoms with E-state index in [0.717, 1.165) is 30.6 Å². The highest BCUT2D eigenvalue weighted by molar-refractivity contribution is 5.72. The highest BCUT2D eigenvalue weighted by Crippen LogP contribution is 2.46. The summed E-state index contributed by atoms with van der Waals surface area (Å²) in [6, 6.07) is 0. The molecule has 0 aromatic carbocycles. The lowest BCUT2D eigenvalue weighted by molar-refractivity contribution is -0.149. The van der Waals surface area contributed by atoms with Crippen molar-refractivity contribution in [2.24, 2.45) is 23.7 Å². The molecule has 1 saturated carbocycles. The first-order valence-electron chi connectivity index (χ1n) is 30.8. The standard InChI is InChI=1S/C62H122O2/c1-5-8-11-14-17-20-23-26-29-32-35-38-41-44-47-50-53-58-56-60(62(63)64-4)57-59(54-51-48-45-42-39-36-33-30-27-24-21-18-15-12-9-6-2)61(58)55-52-49-46-43-40-37-34-31-28-25-22-19-16-13-10-7-3/h58-61H,5-57H2,1-4H3. The predicted octanol–water partition coefficient (Wildman–Crippen LogP) is 22.4. The van der Waals surface area contributed by atoms with Crippen LogP contribution in [-0.2, 0) is 9.53 Å². The van der Waals surface area contributed by atoms with Gasteiger partial charge in [-0.05, 0) is 37.0 Å². The Morgan fingerprint density at radius 1 is 0.297 bits per heavy atom. The lowest BCUT2D eigenvalue weighted by atomic mass is 9.63. The van der Waals surface area contributed by atoms with Gasteiger partial charge < -0.3 is 4.74 Å². The van der Waals surface area contributed by atoms with Crippen molar-refractivity contribution in [1.82, 2.24) is 0 Å². The van der Waals surface area contributed by atoms with Crippen molar-refractivity contribution in [3.63, 3.8) is 0 Å². The minimum absolute atomic E-state index is 0.0924. The SMILES string of the molecule is CCCCCCCCCCCCCCCCCCC1CC(C(=O)OC)CC(CCCCCCCCCCCCCCCCCC)C1CCCCCCCCCCCCCCCCCC. The summed E-state index contributed by atoms with van der Waals surface area (Å²) in [4.78, 5) is 13.1. The van der Waals surface area contributed by atoms with Crippen LogP contribution in [0.2, 0.25) is 0 Å². The molecule has 1 rings (SSSR count). The highest BCUT2D eigenvalue weighted by atomic mass is 16.5. The van der Waals surface area contributed by atoms with Crippen LogP contribution in [0.15, 0.2) is 0 Å². The molecule has 0 saturated heterocycles. The van der Waals surface area contributed by atoms with E-state index >= 15 is 0 Å². The van der Waals surface area contributed by atoms with Crippen molar-refractivity contribution in [1.29, 1.82) is 0 Å². The number of hydrogen-bond donors (Lipinski definition) is 0. The molecule has 0 bridgehead atoms. The maximum Gasteiger partial charge on any atom is 0.308 e. The van der Waals surface area contributed by atoms with Crippen molar-refractivity contribution < 1.29 is 9.53 Å². The first-order chi connectivity index (χ1) is 31.7. The van der Waals surface area contributed by atoms with Crippen LogP contribution in [0.1, 0.15) is 361 Å². The first-order valence-corrected chi connectivity index (χ1v) is 30.8. The van der Waals surface area contributed by atoms with Gasteiger partial charge in [0.05, 0.1) is 13.0 Å². The molecule has 0 spiro atoms. The van der Waals surface area contributed by atoms with Crippen LogP contribution in [0.5, 0.6) is 0 Å². The van der Waals surface area contributed by atoms with Crippen LogP contribution >= 0.6 is 0 Å². The molecule has 2 unspecified atom stereocenters. The Morgan fingerprint density at radius 2 is 0.484 bits per heavy atom. The van der Waals surface area contributed by atoms with Gasteiger partial charge in [0.1, 0.15) is 0 Å². The zero-order chi connectivity index (χ0) is 46.1. The molecule has 0 radical (unpaired) electrons. The molecule has 0 N–H and O–H groups in total. The normalized spacial score (nSPS) is 17.7. The van der Waals surface area contributed by atoms with E-state index in [9.17, 15) is 4.79 Å². The summed E-state index contributed by atoms with van der Waals surface area (Å²) in [5.74, 6) is 2.53. The highest BCUT2D eigenvalue weighted by Gasteiger charge is 2.39. The van der Waals surface area contributed by atoms with Crippen LogP contribution < -0.4 is 0 Å². The summed E-state index contributed by atoms with van der Waals surface area (Å²) >= 11 is 0. The summed E-state index contributed by atoms with van der Waals surface area (Å²) in [5, 5.41) is 0. The Hall–Kier alpha value is -0.530. The fourth-order valence-corrected chi connectivity index (χ4v) is 11.9. The van der Waals surface area contributed by atoms with Gasteiger partial charge in [-0.3, -0.25) is 4.79 Å². The van der Waals surface area contributed by atoms with E-state index in [1.54, 1.807) is 7.11 Å². The molecule has 2 atom stereocenters. The van der Waals surface area contributed by atoms with Crippen LogP contribution in [0, 0.1) is 23.7 Å². The number of unbranched alkanes of at least 4 members (excludes halogenated alkanes) is 45. The zero-order valence-electron chi connectivity index (χ0n) is 45.1. The van der Waals surface area contributed by atoms with E-state index in [0.29, 0.717) is 0 Å². The topological polar surface area (TPSA) is 26.3 Å². The number of carbonyl (C=O) groups is 1. The van der Waals surface area contributed by atoms with Crippen LogP contribution in [0.4, 0.5) is 0 Å². The number of carbonyl (C=O) groups excluding carboxylic acids is 1. The van der Waals surface area contributed by atoms with Gasteiger partial charge in [0.25, 0.3) is 0 Å². The quantitative estimate of drug-likeness (QED) is 0.0449. The van der Waals surface area contributed by atoms with Crippen LogP contribution in [0.3, 0.4) is 0 Å². The number of methoxy groups -OCH3 is 1. The Balaban J connectivity index is 2.45. The van der Waals surface area contributed by atoms with E-state index < -0.39 is 0 Å². The van der Waals surface area contributed by atoms with Gasteiger partial charge in [-0.15, -0.1) is 0 Å². The minimum Gasteiger partial charge on any atom is -0.469 e. The number of esters is 1. The molecule has 64 heavy (non-hydrogen) atoms. The minimum atomic E-state index is 0.0924. The van der Waals surface area contributed by atoms with E-state index in [2.05, 4.69) is 20.8 Å². The Labute approximate surface area is 405 Å². The molecule has 1 aliphatic carbocycles. The third-order valence-corrected chi connectivity index (χ3v) is 16.2. The zero-order valence-corrected chi connectivity index (χ0v) is 45.1. The summed E-state index contributed by atoms with van der Waals surface area (Å²) in [7, 11) is 1.64. The molecule has 0 aromatic heterocycles. The average molecular weight is 900 g/mol. The van der Waals surface area contributed by atoms with Crippen molar-refractivity contribution >= 4 is 5.97 Å². The maximum atomic E-state index is 13.1. The predicted molar refractivity (Wildman–Crippen MR) is 288 cm³/mol. The van der Waals surface area contributed by atoms with Gasteiger partial charge in [0.2, 0.25) is 0 Å². The van der Waals surface area contributed by atoms with Crippen molar-refractivity contribution in [3.8, 4) is 0 Å². The Bertz CT molecular complexity index is 851. The number of ether oxygens (including phenoxy) is 1. The van der Waals surface area contributed by atoms with Crippen molar-refractivity contribution in [2.45, 2.75) is 361 Å². The second-order valence-electron chi connectivity index (χ2n) is 22.2. The van der Waals surface area contributed by atoms with Gasteiger partial charge in [0.15, 0.2) is 0 Å². The molecular formula is C62H122O2. The largest absolute Gasteiger partial charge is 0.469 e. The Morgan fingerprint density at radius 3 is 0.688 bits per heavy atom. The van der Waals surface area contributed by atoms with Gasteiger partial charge >= 0.3 is 5.97 Å². The van der Waals surface area contributed by atoms with Crippen molar-refractivity contribution in [2.75, 3.05) is 7.11 Å². The van der Waals surface area contributed by atoms with Crippen LogP contribution in [0.25, 0.3) is 0 Å². The van der Waals surface area contributed by atoms with E-state index in [4.69, 9.17) is 4.74 Å². The molecule has 0 amide bonds. The fourth-order valence-electron chi connectivity index (χ4n) is 11.9. The fraction of sp³-hybridized carbons (Fsp3) is 0.984. The van der Waals surface area contributed by atoms with E-state index in [-0.39, 0.29) is 11.9 Å². The molecule has 2 heteroatoms. The summed E-state index contributed by atoms with van der Waals surface area (Å²) in [6.45, 7) is 6.94. The lowest BCUT2D eigenvalue weighted by Gasteiger charge is -2.42. The Kier molecular flexibility index (Phi) is 48.4. The molecule has 0 aromatic rings. The van der Waals surface area contributed by atoms with Gasteiger partial charge in [-0.2, -0.15) is 0 Å². The smallest absolute Gasteiger partial charge is 0.308 e. The first kappa shape index (κ1) is 61.5. The third kappa shape index (κ3) is 39.5. The summed E-state index contributed by atoms with van der Waals surface area (Å²) < 4.78 is 5.45. The van der Waals surface area contributed by atoms with Crippen LogP contribution in [-0.4, -0.2) is 13.1 Å². The average Bonchev–Trinajstić information content (AvgIpc) is 3.31. The number of hydrogen-bond acceptors (Lipinski definition) is 2. The molecule has 382 valence electrons. The second kappa shape index (κ2) is 50.3. The van der Waals surface area contributed by atoms with Crippen molar-refractivity contribution in [3.05, 3.63) is 0 Å². The molecular weight excluding hydrogens is 777 g/mol.